The molecule has 2 fully saturated rings. The van der Waals surface area contributed by atoms with Crippen molar-refractivity contribution in [2.75, 3.05) is 6.61 Å². The zero-order valence-corrected chi connectivity index (χ0v) is 23.4. The Morgan fingerprint density at radius 2 is 1.79 bits per heavy atom. The third kappa shape index (κ3) is 3.73. The molecule has 8 atom stereocenters. The van der Waals surface area contributed by atoms with E-state index in [1.54, 1.807) is 51.1 Å². The van der Waals surface area contributed by atoms with Crippen molar-refractivity contribution in [3.8, 4) is 0 Å². The number of hydrogen-bond donors (Lipinski definition) is 2. The summed E-state index contributed by atoms with van der Waals surface area (Å²) in [4.78, 5) is 39.9. The van der Waals surface area contributed by atoms with Gasteiger partial charge >= 0.3 is 11.9 Å². The molecule has 5 rings (SSSR count). The van der Waals surface area contributed by atoms with Gasteiger partial charge in [0.25, 0.3) is 0 Å². The Labute approximate surface area is 229 Å². The monoisotopic (exact) mass is 534 g/mol. The van der Waals surface area contributed by atoms with Crippen molar-refractivity contribution in [3.05, 3.63) is 70.8 Å². The minimum Gasteiger partial charge on any atom is -0.454 e. The molecule has 39 heavy (non-hydrogen) atoms. The maximum atomic E-state index is 13.5. The molecule has 0 aliphatic heterocycles. The molecular formula is C32H38O7. The van der Waals surface area contributed by atoms with Crippen molar-refractivity contribution in [1.82, 2.24) is 0 Å². The summed E-state index contributed by atoms with van der Waals surface area (Å²) >= 11 is 0. The maximum absolute atomic E-state index is 13.5. The van der Waals surface area contributed by atoms with Gasteiger partial charge in [-0.3, -0.25) is 4.79 Å². The van der Waals surface area contributed by atoms with E-state index in [-0.39, 0.29) is 12.4 Å². The van der Waals surface area contributed by atoms with Gasteiger partial charge in [-0.1, -0.05) is 57.2 Å². The van der Waals surface area contributed by atoms with Gasteiger partial charge in [-0.2, -0.15) is 0 Å². The van der Waals surface area contributed by atoms with E-state index in [1.807, 2.05) is 39.0 Å². The summed E-state index contributed by atoms with van der Waals surface area (Å²) in [6.07, 6.45) is 4.77. The molecule has 7 heteroatoms. The first-order chi connectivity index (χ1) is 18.4. The SMILES string of the molecule is C/C=C(/C)C(=O)O[C@@H]1[C@@H](C)[C@]2(O)[C@@H]3C=C(C)C(=O)[C@H]3CC(CO)=C[C@H]2[C@H]2C(C)(C)[C@]12OC(=O)c1ccccc1. The number of aliphatic hydroxyl groups excluding tert-OH is 1. The van der Waals surface area contributed by atoms with E-state index in [0.29, 0.717) is 28.7 Å². The minimum absolute atomic E-state index is 0.0404. The Morgan fingerprint density at radius 3 is 2.41 bits per heavy atom. The molecule has 0 saturated heterocycles. The lowest BCUT2D eigenvalue weighted by Gasteiger charge is -2.52. The lowest BCUT2D eigenvalue weighted by atomic mass is 9.59. The molecule has 0 aromatic heterocycles. The Balaban J connectivity index is 1.68. The average Bonchev–Trinajstić information content (AvgIpc) is 3.32. The summed E-state index contributed by atoms with van der Waals surface area (Å²) in [5.41, 5.74) is -1.34. The summed E-state index contributed by atoms with van der Waals surface area (Å²) in [6.45, 7) is 10.7. The largest absolute Gasteiger partial charge is 0.454 e. The van der Waals surface area contributed by atoms with Gasteiger partial charge in [0.05, 0.1) is 17.8 Å². The van der Waals surface area contributed by atoms with E-state index in [4.69, 9.17) is 9.47 Å². The molecule has 0 unspecified atom stereocenters. The number of rotatable bonds is 5. The topological polar surface area (TPSA) is 110 Å². The predicted octanol–water partition coefficient (Wildman–Crippen LogP) is 4.20. The van der Waals surface area contributed by atoms with Crippen LogP contribution in [-0.2, 0) is 19.1 Å². The number of esters is 2. The summed E-state index contributed by atoms with van der Waals surface area (Å²) in [7, 11) is 0. The number of ether oxygens (including phenoxy) is 2. The van der Waals surface area contributed by atoms with Crippen molar-refractivity contribution >= 4 is 17.7 Å². The van der Waals surface area contributed by atoms with E-state index < -0.39 is 64.2 Å². The van der Waals surface area contributed by atoms with Gasteiger partial charge in [0.2, 0.25) is 0 Å². The molecule has 208 valence electrons. The second-order valence-electron chi connectivity index (χ2n) is 12.3. The molecule has 2 saturated carbocycles. The molecule has 0 bridgehead atoms. The molecule has 0 radical (unpaired) electrons. The van der Waals surface area contributed by atoms with Crippen LogP contribution >= 0.6 is 0 Å². The first kappa shape index (κ1) is 27.5. The van der Waals surface area contributed by atoms with Gasteiger partial charge in [0.15, 0.2) is 11.4 Å². The van der Waals surface area contributed by atoms with Crippen LogP contribution in [0.2, 0.25) is 0 Å². The standard InChI is InChI=1S/C32H38O7/c1-7-17(2)28(35)38-27-19(4)31(37)23-13-18(3)25(34)22(23)14-20(16-33)15-24(31)26-30(5,6)32(26,27)39-29(36)21-11-9-8-10-12-21/h7-13,15,19,22-24,26-27,33,37H,14,16H2,1-6H3/b17-7-/t19-,22+,23-,24+,26+,27-,31+,32-/m1/s1. The molecule has 0 heterocycles. The minimum atomic E-state index is -1.48. The highest BCUT2D eigenvalue weighted by Crippen LogP contribution is 2.77. The van der Waals surface area contributed by atoms with E-state index in [2.05, 4.69) is 0 Å². The number of Topliss-reactive ketones (excluding diaryl/α,β-unsaturated/α-hetero) is 1. The Morgan fingerprint density at radius 1 is 1.13 bits per heavy atom. The van der Waals surface area contributed by atoms with E-state index in [1.165, 1.54) is 0 Å². The quantitative estimate of drug-likeness (QED) is 0.331. The molecule has 0 spiro atoms. The van der Waals surface area contributed by atoms with Crippen LogP contribution in [0.4, 0.5) is 0 Å². The second kappa shape index (κ2) is 9.27. The van der Waals surface area contributed by atoms with Gasteiger partial charge in [-0.25, -0.2) is 9.59 Å². The summed E-state index contributed by atoms with van der Waals surface area (Å²) in [5, 5.41) is 23.0. The number of ketones is 1. The normalized spacial score (nSPS) is 38.4. The number of benzene rings is 1. The number of hydrogen-bond acceptors (Lipinski definition) is 7. The molecule has 1 aromatic carbocycles. The highest BCUT2D eigenvalue weighted by atomic mass is 16.6. The number of carbonyl (C=O) groups is 3. The van der Waals surface area contributed by atoms with Gasteiger partial charge in [-0.05, 0) is 50.5 Å². The molecule has 4 aliphatic rings. The lowest BCUT2D eigenvalue weighted by molar-refractivity contribution is -0.208. The Hall–Kier alpha value is -3.03. The second-order valence-corrected chi connectivity index (χ2v) is 12.3. The fourth-order valence-corrected chi connectivity index (χ4v) is 7.87. The highest BCUT2D eigenvalue weighted by molar-refractivity contribution is 6.00. The van der Waals surface area contributed by atoms with Crippen LogP contribution in [0.5, 0.6) is 0 Å². The zero-order valence-electron chi connectivity index (χ0n) is 23.4. The fourth-order valence-electron chi connectivity index (χ4n) is 7.87. The lowest BCUT2D eigenvalue weighted by Crippen LogP contribution is -2.63. The molecule has 4 aliphatic carbocycles. The van der Waals surface area contributed by atoms with Crippen molar-refractivity contribution in [3.63, 3.8) is 0 Å². The molecular weight excluding hydrogens is 496 g/mol. The summed E-state index contributed by atoms with van der Waals surface area (Å²) in [6, 6.07) is 8.68. The Bertz CT molecular complexity index is 1300. The summed E-state index contributed by atoms with van der Waals surface area (Å²) in [5.74, 6) is -3.83. The number of allylic oxidation sites excluding steroid dienone is 2. The van der Waals surface area contributed by atoms with Crippen molar-refractivity contribution < 1.29 is 34.1 Å². The molecule has 1 aromatic rings. The van der Waals surface area contributed by atoms with Crippen molar-refractivity contribution in [2.24, 2.45) is 35.0 Å². The number of aliphatic hydroxyl groups is 2. The average molecular weight is 535 g/mol. The van der Waals surface area contributed by atoms with Gasteiger partial charge < -0.3 is 19.7 Å². The van der Waals surface area contributed by atoms with Crippen molar-refractivity contribution in [1.29, 1.82) is 0 Å². The van der Waals surface area contributed by atoms with Crippen LogP contribution < -0.4 is 0 Å². The summed E-state index contributed by atoms with van der Waals surface area (Å²) < 4.78 is 12.6. The zero-order chi connectivity index (χ0) is 28.5. The van der Waals surface area contributed by atoms with Crippen LogP contribution in [0.3, 0.4) is 0 Å². The molecule has 0 amide bonds. The van der Waals surface area contributed by atoms with Crippen LogP contribution in [0, 0.1) is 35.0 Å². The van der Waals surface area contributed by atoms with Gasteiger partial charge in [0.1, 0.15) is 6.10 Å². The smallest absolute Gasteiger partial charge is 0.338 e. The number of fused-ring (bicyclic) bond motifs is 5. The first-order valence-corrected chi connectivity index (χ1v) is 13.7. The van der Waals surface area contributed by atoms with Crippen LogP contribution in [0.25, 0.3) is 0 Å². The van der Waals surface area contributed by atoms with E-state index in [0.717, 1.165) is 0 Å². The Kier molecular flexibility index (Phi) is 6.55. The predicted molar refractivity (Wildman–Crippen MR) is 144 cm³/mol. The fraction of sp³-hybridized carbons (Fsp3) is 0.531. The van der Waals surface area contributed by atoms with E-state index in [9.17, 15) is 24.6 Å². The van der Waals surface area contributed by atoms with Gasteiger partial charge in [-0.15, -0.1) is 0 Å². The van der Waals surface area contributed by atoms with Gasteiger partial charge in [0, 0.05) is 40.6 Å². The maximum Gasteiger partial charge on any atom is 0.338 e. The third-order valence-electron chi connectivity index (χ3n) is 10.1. The van der Waals surface area contributed by atoms with Crippen LogP contribution in [0.15, 0.2) is 65.3 Å². The van der Waals surface area contributed by atoms with Crippen LogP contribution in [-0.4, -0.2) is 51.8 Å². The molecule has 7 nitrogen and oxygen atoms in total. The van der Waals surface area contributed by atoms with Crippen molar-refractivity contribution in [2.45, 2.75) is 65.3 Å². The highest BCUT2D eigenvalue weighted by Gasteiger charge is 2.87. The molecule has 2 N–H and O–H groups in total. The van der Waals surface area contributed by atoms with E-state index >= 15 is 0 Å². The third-order valence-corrected chi connectivity index (χ3v) is 10.1. The number of carbonyl (C=O) groups excluding carboxylic acids is 3. The van der Waals surface area contributed by atoms with Crippen LogP contribution in [0.1, 0.15) is 58.3 Å². The first-order valence-electron chi connectivity index (χ1n) is 13.7.